The SMILES string of the molecule is CCOC(=O)C1(c2cc(F)ccc2OC)COC1. The van der Waals surface area contributed by atoms with Gasteiger partial charge < -0.3 is 14.2 Å². The summed E-state index contributed by atoms with van der Waals surface area (Å²) >= 11 is 0. The van der Waals surface area contributed by atoms with Crippen molar-refractivity contribution >= 4 is 5.97 Å². The molecule has 0 amide bonds. The number of benzene rings is 1. The molecule has 1 aromatic rings. The Morgan fingerprint density at radius 1 is 1.50 bits per heavy atom. The maximum absolute atomic E-state index is 13.4. The average Bonchev–Trinajstić information content (AvgIpc) is 2.28. The van der Waals surface area contributed by atoms with Gasteiger partial charge in [0.2, 0.25) is 0 Å². The Hall–Kier alpha value is -1.62. The van der Waals surface area contributed by atoms with Gasteiger partial charge in [0.25, 0.3) is 0 Å². The van der Waals surface area contributed by atoms with Crippen LogP contribution in [0.25, 0.3) is 0 Å². The predicted octanol–water partition coefficient (Wildman–Crippen LogP) is 1.67. The van der Waals surface area contributed by atoms with Crippen molar-refractivity contribution < 1.29 is 23.4 Å². The highest BCUT2D eigenvalue weighted by Crippen LogP contribution is 2.39. The third-order valence-electron chi connectivity index (χ3n) is 3.04. The van der Waals surface area contributed by atoms with Crippen molar-refractivity contribution in [1.82, 2.24) is 0 Å². The Kier molecular flexibility index (Phi) is 3.52. The molecule has 0 saturated carbocycles. The molecule has 1 aromatic carbocycles. The van der Waals surface area contributed by atoms with Crippen LogP contribution in [0.15, 0.2) is 18.2 Å². The molecule has 0 aliphatic carbocycles. The fourth-order valence-corrected chi connectivity index (χ4v) is 2.01. The second kappa shape index (κ2) is 4.94. The fourth-order valence-electron chi connectivity index (χ4n) is 2.01. The molecule has 0 atom stereocenters. The first-order valence-corrected chi connectivity index (χ1v) is 5.73. The zero-order chi connectivity index (χ0) is 13.2. The molecule has 98 valence electrons. The number of ether oxygens (including phenoxy) is 3. The van der Waals surface area contributed by atoms with Crippen molar-refractivity contribution in [2.45, 2.75) is 12.3 Å². The van der Waals surface area contributed by atoms with Crippen molar-refractivity contribution in [2.24, 2.45) is 0 Å². The van der Waals surface area contributed by atoms with Gasteiger partial charge in [-0.1, -0.05) is 0 Å². The molecule has 2 rings (SSSR count). The van der Waals surface area contributed by atoms with E-state index in [-0.39, 0.29) is 19.8 Å². The molecule has 1 saturated heterocycles. The van der Waals surface area contributed by atoms with Crippen molar-refractivity contribution in [3.63, 3.8) is 0 Å². The molecule has 0 spiro atoms. The van der Waals surface area contributed by atoms with Gasteiger partial charge in [0, 0.05) is 5.56 Å². The van der Waals surface area contributed by atoms with Gasteiger partial charge >= 0.3 is 5.97 Å². The Morgan fingerprint density at radius 3 is 2.72 bits per heavy atom. The standard InChI is InChI=1S/C13H15FO4/c1-3-18-12(15)13(7-17-8-13)10-6-9(14)4-5-11(10)16-2/h4-6H,3,7-8H2,1-2H3. The van der Waals surface area contributed by atoms with Gasteiger partial charge in [-0.2, -0.15) is 0 Å². The van der Waals surface area contributed by atoms with Gasteiger partial charge in [-0.15, -0.1) is 0 Å². The number of esters is 1. The quantitative estimate of drug-likeness (QED) is 0.767. The highest BCUT2D eigenvalue weighted by Gasteiger charge is 2.50. The van der Waals surface area contributed by atoms with Gasteiger partial charge in [-0.25, -0.2) is 4.39 Å². The van der Waals surface area contributed by atoms with E-state index in [2.05, 4.69) is 0 Å². The zero-order valence-electron chi connectivity index (χ0n) is 10.4. The monoisotopic (exact) mass is 254 g/mol. The smallest absolute Gasteiger partial charge is 0.321 e. The van der Waals surface area contributed by atoms with Crippen LogP contribution in [-0.2, 0) is 19.7 Å². The average molecular weight is 254 g/mol. The van der Waals surface area contributed by atoms with E-state index in [9.17, 15) is 9.18 Å². The second-order valence-electron chi connectivity index (χ2n) is 4.14. The number of hydrogen-bond acceptors (Lipinski definition) is 4. The van der Waals surface area contributed by atoms with Crippen LogP contribution in [-0.4, -0.2) is 32.9 Å². The molecule has 1 fully saturated rings. The third kappa shape index (κ3) is 1.95. The van der Waals surface area contributed by atoms with E-state index >= 15 is 0 Å². The van der Waals surface area contributed by atoms with E-state index in [1.807, 2.05) is 0 Å². The summed E-state index contributed by atoms with van der Waals surface area (Å²) in [7, 11) is 1.48. The molecule has 4 nitrogen and oxygen atoms in total. The van der Waals surface area contributed by atoms with Gasteiger partial charge in [0.05, 0.1) is 26.9 Å². The van der Waals surface area contributed by atoms with Crippen LogP contribution in [0.2, 0.25) is 0 Å². The number of methoxy groups -OCH3 is 1. The fraction of sp³-hybridized carbons (Fsp3) is 0.462. The minimum atomic E-state index is -0.941. The number of carbonyl (C=O) groups is 1. The molecule has 0 unspecified atom stereocenters. The summed E-state index contributed by atoms with van der Waals surface area (Å²) < 4.78 is 28.7. The summed E-state index contributed by atoms with van der Waals surface area (Å²) in [6, 6.07) is 4.10. The van der Waals surface area contributed by atoms with E-state index in [1.54, 1.807) is 6.92 Å². The highest BCUT2D eigenvalue weighted by molar-refractivity contribution is 5.85. The van der Waals surface area contributed by atoms with Crippen LogP contribution in [0.4, 0.5) is 4.39 Å². The van der Waals surface area contributed by atoms with Crippen LogP contribution in [0.1, 0.15) is 12.5 Å². The minimum Gasteiger partial charge on any atom is -0.496 e. The zero-order valence-corrected chi connectivity index (χ0v) is 10.4. The van der Waals surface area contributed by atoms with Gasteiger partial charge in [-0.05, 0) is 25.1 Å². The molecule has 1 heterocycles. The van der Waals surface area contributed by atoms with E-state index in [0.717, 1.165) is 0 Å². The highest BCUT2D eigenvalue weighted by atomic mass is 19.1. The molecule has 1 aliphatic heterocycles. The summed E-state index contributed by atoms with van der Waals surface area (Å²) in [6.45, 7) is 2.38. The van der Waals surface area contributed by atoms with Crippen LogP contribution >= 0.6 is 0 Å². The summed E-state index contributed by atoms with van der Waals surface area (Å²) in [5.41, 5.74) is -0.460. The summed E-state index contributed by atoms with van der Waals surface area (Å²) in [5, 5.41) is 0. The van der Waals surface area contributed by atoms with E-state index in [1.165, 1.54) is 25.3 Å². The first kappa shape index (κ1) is 12.8. The molecule has 0 radical (unpaired) electrons. The molecule has 18 heavy (non-hydrogen) atoms. The Morgan fingerprint density at radius 2 is 2.22 bits per heavy atom. The lowest BCUT2D eigenvalue weighted by Crippen LogP contribution is -2.54. The minimum absolute atomic E-state index is 0.186. The third-order valence-corrected chi connectivity index (χ3v) is 3.04. The van der Waals surface area contributed by atoms with Crippen LogP contribution < -0.4 is 4.74 Å². The van der Waals surface area contributed by atoms with E-state index < -0.39 is 17.2 Å². The topological polar surface area (TPSA) is 44.8 Å². The van der Waals surface area contributed by atoms with Gasteiger partial charge in [-0.3, -0.25) is 4.79 Å². The van der Waals surface area contributed by atoms with Crippen LogP contribution in [0.5, 0.6) is 5.75 Å². The molecule has 0 bridgehead atoms. The van der Waals surface area contributed by atoms with Crippen LogP contribution in [0, 0.1) is 5.82 Å². The Bertz CT molecular complexity index is 454. The van der Waals surface area contributed by atoms with Crippen molar-refractivity contribution in [1.29, 1.82) is 0 Å². The largest absolute Gasteiger partial charge is 0.496 e. The lowest BCUT2D eigenvalue weighted by molar-refractivity contribution is -0.169. The number of hydrogen-bond donors (Lipinski definition) is 0. The number of carbonyl (C=O) groups excluding carboxylic acids is 1. The summed E-state index contributed by atoms with van der Waals surface area (Å²) in [6.07, 6.45) is 0. The van der Waals surface area contributed by atoms with Gasteiger partial charge in [0.1, 0.15) is 17.0 Å². The van der Waals surface area contributed by atoms with Gasteiger partial charge in [0.15, 0.2) is 0 Å². The predicted molar refractivity (Wildman–Crippen MR) is 62.1 cm³/mol. The first-order valence-electron chi connectivity index (χ1n) is 5.73. The molecule has 0 aromatic heterocycles. The number of rotatable bonds is 4. The van der Waals surface area contributed by atoms with Crippen molar-refractivity contribution in [3.8, 4) is 5.75 Å². The molecular weight excluding hydrogens is 239 g/mol. The summed E-state index contributed by atoms with van der Waals surface area (Å²) in [4.78, 5) is 12.0. The first-order chi connectivity index (χ1) is 8.64. The molecule has 1 aliphatic rings. The molecular formula is C13H15FO4. The second-order valence-corrected chi connectivity index (χ2v) is 4.14. The molecule has 0 N–H and O–H groups in total. The van der Waals surface area contributed by atoms with E-state index in [0.29, 0.717) is 11.3 Å². The van der Waals surface area contributed by atoms with Crippen molar-refractivity contribution in [3.05, 3.63) is 29.6 Å². The maximum Gasteiger partial charge on any atom is 0.321 e. The Labute approximate surface area is 105 Å². The molecule has 5 heteroatoms. The van der Waals surface area contributed by atoms with E-state index in [4.69, 9.17) is 14.2 Å². The Balaban J connectivity index is 2.44. The maximum atomic E-state index is 13.4. The van der Waals surface area contributed by atoms with Crippen LogP contribution in [0.3, 0.4) is 0 Å². The van der Waals surface area contributed by atoms with Crippen molar-refractivity contribution in [2.75, 3.05) is 26.9 Å². The number of halogens is 1. The normalized spacial score (nSPS) is 16.8. The lowest BCUT2D eigenvalue weighted by atomic mass is 9.78. The lowest BCUT2D eigenvalue weighted by Gasteiger charge is -2.39. The summed E-state index contributed by atoms with van der Waals surface area (Å²) in [5.74, 6) is -0.353.